The molecule has 0 aromatic carbocycles. The minimum Gasteiger partial charge on any atom is -0.308 e. The van der Waals surface area contributed by atoms with Crippen molar-refractivity contribution in [3.05, 3.63) is 16.6 Å². The summed E-state index contributed by atoms with van der Waals surface area (Å²) in [6, 6.07) is 0.724. The van der Waals surface area contributed by atoms with Crippen LogP contribution in [0.5, 0.6) is 0 Å². The van der Waals surface area contributed by atoms with Crippen LogP contribution < -0.4 is 5.32 Å². The van der Waals surface area contributed by atoms with Gasteiger partial charge in [0.05, 0.1) is 11.2 Å². The van der Waals surface area contributed by atoms with Gasteiger partial charge >= 0.3 is 0 Å². The molecule has 0 bridgehead atoms. The normalized spacial score (nSPS) is 28.1. The molecule has 2 nitrogen and oxygen atoms in total. The van der Waals surface area contributed by atoms with Crippen LogP contribution in [0.3, 0.4) is 0 Å². The molecule has 1 aromatic rings. The largest absolute Gasteiger partial charge is 0.308 e. The lowest BCUT2D eigenvalue weighted by atomic mass is 10.1. The second-order valence-electron chi connectivity index (χ2n) is 3.88. The van der Waals surface area contributed by atoms with E-state index in [0.717, 1.165) is 18.5 Å². The molecule has 1 aromatic heterocycles. The van der Waals surface area contributed by atoms with Gasteiger partial charge in [0, 0.05) is 18.0 Å². The Hall–Kier alpha value is -0.410. The van der Waals surface area contributed by atoms with Crippen LogP contribution in [-0.2, 0) is 6.54 Å². The Morgan fingerprint density at radius 3 is 3.15 bits per heavy atom. The Bertz CT molecular complexity index is 245. The second-order valence-corrected chi connectivity index (χ2v) is 4.59. The number of nitrogens with zero attached hydrogens (tertiary/aromatic N) is 1. The SMILES string of the molecule is CC1CCCC1NCc1cscn1. The van der Waals surface area contributed by atoms with Crippen LogP contribution in [0.2, 0.25) is 0 Å². The minimum atomic E-state index is 0.724. The maximum atomic E-state index is 4.26. The molecule has 2 rings (SSSR count). The third kappa shape index (κ3) is 2.29. The van der Waals surface area contributed by atoms with Crippen LogP contribution >= 0.6 is 11.3 Å². The number of rotatable bonds is 3. The number of hydrogen-bond donors (Lipinski definition) is 1. The van der Waals surface area contributed by atoms with E-state index in [4.69, 9.17) is 0 Å². The maximum Gasteiger partial charge on any atom is 0.0795 e. The zero-order valence-electron chi connectivity index (χ0n) is 7.99. The van der Waals surface area contributed by atoms with Crippen LogP contribution in [-0.4, -0.2) is 11.0 Å². The summed E-state index contributed by atoms with van der Waals surface area (Å²) in [6.45, 7) is 3.28. The van der Waals surface area contributed by atoms with Gasteiger partial charge in [0.15, 0.2) is 0 Å². The van der Waals surface area contributed by atoms with Gasteiger partial charge in [0.25, 0.3) is 0 Å². The molecule has 1 saturated carbocycles. The summed E-state index contributed by atoms with van der Waals surface area (Å²) < 4.78 is 0. The fraction of sp³-hybridized carbons (Fsp3) is 0.700. The molecule has 1 aliphatic carbocycles. The number of aromatic nitrogens is 1. The molecule has 1 heterocycles. The van der Waals surface area contributed by atoms with Crippen molar-refractivity contribution in [2.24, 2.45) is 5.92 Å². The standard InChI is InChI=1S/C10H16N2S/c1-8-3-2-4-10(8)11-5-9-6-13-7-12-9/h6-8,10-11H,2-5H2,1H3. The third-order valence-electron chi connectivity index (χ3n) is 2.89. The van der Waals surface area contributed by atoms with E-state index in [2.05, 4.69) is 22.6 Å². The third-order valence-corrected chi connectivity index (χ3v) is 3.53. The molecular weight excluding hydrogens is 180 g/mol. The zero-order valence-corrected chi connectivity index (χ0v) is 8.81. The van der Waals surface area contributed by atoms with E-state index in [-0.39, 0.29) is 0 Å². The van der Waals surface area contributed by atoms with Gasteiger partial charge in [0.2, 0.25) is 0 Å². The number of hydrogen-bond acceptors (Lipinski definition) is 3. The second kappa shape index (κ2) is 4.20. The van der Waals surface area contributed by atoms with Crippen LogP contribution in [0.1, 0.15) is 31.9 Å². The van der Waals surface area contributed by atoms with Crippen molar-refractivity contribution in [2.45, 2.75) is 38.8 Å². The molecule has 0 spiro atoms. The summed E-state index contributed by atoms with van der Waals surface area (Å²) in [4.78, 5) is 4.26. The van der Waals surface area contributed by atoms with E-state index in [0.29, 0.717) is 0 Å². The first-order chi connectivity index (χ1) is 6.36. The van der Waals surface area contributed by atoms with E-state index in [1.165, 1.54) is 25.0 Å². The topological polar surface area (TPSA) is 24.9 Å². The molecule has 1 fully saturated rings. The van der Waals surface area contributed by atoms with Gasteiger partial charge in [-0.15, -0.1) is 11.3 Å². The lowest BCUT2D eigenvalue weighted by molar-refractivity contribution is 0.424. The molecule has 0 aliphatic heterocycles. The quantitative estimate of drug-likeness (QED) is 0.803. The fourth-order valence-electron chi connectivity index (χ4n) is 2.01. The van der Waals surface area contributed by atoms with E-state index in [1.807, 2.05) is 5.51 Å². The first-order valence-corrected chi connectivity index (χ1v) is 5.91. The van der Waals surface area contributed by atoms with Gasteiger partial charge < -0.3 is 5.32 Å². The highest BCUT2D eigenvalue weighted by molar-refractivity contribution is 7.07. The molecular formula is C10H16N2S. The average molecular weight is 196 g/mol. The number of thiazole rings is 1. The Kier molecular flexibility index (Phi) is 2.96. The molecule has 2 atom stereocenters. The van der Waals surface area contributed by atoms with E-state index >= 15 is 0 Å². The van der Waals surface area contributed by atoms with Crippen molar-refractivity contribution in [2.75, 3.05) is 0 Å². The maximum absolute atomic E-state index is 4.26. The molecule has 0 saturated heterocycles. The van der Waals surface area contributed by atoms with Crippen molar-refractivity contribution < 1.29 is 0 Å². The Morgan fingerprint density at radius 1 is 1.62 bits per heavy atom. The highest BCUT2D eigenvalue weighted by atomic mass is 32.1. The predicted octanol–water partition coefficient (Wildman–Crippen LogP) is 2.42. The Labute approximate surface area is 83.4 Å². The molecule has 13 heavy (non-hydrogen) atoms. The summed E-state index contributed by atoms with van der Waals surface area (Å²) in [6.07, 6.45) is 4.11. The lowest BCUT2D eigenvalue weighted by Crippen LogP contribution is -2.30. The van der Waals surface area contributed by atoms with Crippen molar-refractivity contribution >= 4 is 11.3 Å². The summed E-state index contributed by atoms with van der Waals surface area (Å²) in [5, 5.41) is 5.70. The van der Waals surface area contributed by atoms with E-state index in [9.17, 15) is 0 Å². The van der Waals surface area contributed by atoms with E-state index < -0.39 is 0 Å². The summed E-state index contributed by atoms with van der Waals surface area (Å²) in [7, 11) is 0. The summed E-state index contributed by atoms with van der Waals surface area (Å²) >= 11 is 1.67. The van der Waals surface area contributed by atoms with Crippen LogP contribution in [0.4, 0.5) is 0 Å². The highest BCUT2D eigenvalue weighted by Crippen LogP contribution is 2.24. The Morgan fingerprint density at radius 2 is 2.54 bits per heavy atom. The van der Waals surface area contributed by atoms with Crippen LogP contribution in [0.25, 0.3) is 0 Å². The van der Waals surface area contributed by atoms with Gasteiger partial charge in [-0.3, -0.25) is 0 Å². The fourth-order valence-corrected chi connectivity index (χ4v) is 2.57. The monoisotopic (exact) mass is 196 g/mol. The smallest absolute Gasteiger partial charge is 0.0795 e. The summed E-state index contributed by atoms with van der Waals surface area (Å²) in [5.41, 5.74) is 3.08. The van der Waals surface area contributed by atoms with Crippen molar-refractivity contribution in [3.63, 3.8) is 0 Å². The van der Waals surface area contributed by atoms with Crippen molar-refractivity contribution in [1.82, 2.24) is 10.3 Å². The highest BCUT2D eigenvalue weighted by Gasteiger charge is 2.22. The Balaban J connectivity index is 1.79. The minimum absolute atomic E-state index is 0.724. The first-order valence-electron chi connectivity index (χ1n) is 4.96. The molecule has 72 valence electrons. The van der Waals surface area contributed by atoms with Gasteiger partial charge in [0.1, 0.15) is 0 Å². The first kappa shape index (κ1) is 9.16. The lowest BCUT2D eigenvalue weighted by Gasteiger charge is -2.16. The van der Waals surface area contributed by atoms with Gasteiger partial charge in [-0.2, -0.15) is 0 Å². The van der Waals surface area contributed by atoms with Gasteiger partial charge in [-0.25, -0.2) is 4.98 Å². The van der Waals surface area contributed by atoms with Crippen LogP contribution in [0.15, 0.2) is 10.9 Å². The molecule has 1 N–H and O–H groups in total. The molecule has 0 amide bonds. The molecule has 1 aliphatic rings. The molecule has 0 radical (unpaired) electrons. The van der Waals surface area contributed by atoms with Gasteiger partial charge in [-0.1, -0.05) is 13.3 Å². The average Bonchev–Trinajstić information content (AvgIpc) is 2.72. The van der Waals surface area contributed by atoms with Gasteiger partial charge in [-0.05, 0) is 18.8 Å². The number of nitrogens with one attached hydrogen (secondary N) is 1. The zero-order chi connectivity index (χ0) is 9.10. The van der Waals surface area contributed by atoms with E-state index in [1.54, 1.807) is 11.3 Å². The molecule has 2 unspecified atom stereocenters. The van der Waals surface area contributed by atoms with Crippen molar-refractivity contribution in [3.8, 4) is 0 Å². The van der Waals surface area contributed by atoms with Crippen molar-refractivity contribution in [1.29, 1.82) is 0 Å². The summed E-state index contributed by atoms with van der Waals surface area (Å²) in [5.74, 6) is 0.846. The van der Waals surface area contributed by atoms with Crippen LogP contribution in [0, 0.1) is 5.92 Å². The predicted molar refractivity (Wildman–Crippen MR) is 55.8 cm³/mol. The molecule has 3 heteroatoms.